The zero-order valence-corrected chi connectivity index (χ0v) is 16.0. The Balaban J connectivity index is 1.86. The summed E-state index contributed by atoms with van der Waals surface area (Å²) in [5.41, 5.74) is 1.72. The predicted octanol–water partition coefficient (Wildman–Crippen LogP) is 4.99. The van der Waals surface area contributed by atoms with Gasteiger partial charge in [0.2, 0.25) is 5.91 Å². The Labute approximate surface area is 156 Å². The molecule has 25 heavy (non-hydrogen) atoms. The molecule has 1 aliphatic heterocycles. The zero-order valence-electron chi connectivity index (χ0n) is 14.4. The number of fused-ring (bicyclic) bond motifs is 1. The van der Waals surface area contributed by atoms with E-state index in [1.807, 2.05) is 42.5 Å². The second kappa shape index (κ2) is 7.91. The van der Waals surface area contributed by atoms with Gasteiger partial charge in [0.15, 0.2) is 11.5 Å². The van der Waals surface area contributed by atoms with E-state index in [2.05, 4.69) is 35.1 Å². The third kappa shape index (κ3) is 3.98. The molecule has 0 bridgehead atoms. The van der Waals surface area contributed by atoms with Crippen molar-refractivity contribution in [3.8, 4) is 11.5 Å². The highest BCUT2D eigenvalue weighted by molar-refractivity contribution is 9.10. The molecule has 0 saturated carbocycles. The van der Waals surface area contributed by atoms with Crippen LogP contribution >= 0.6 is 15.9 Å². The Hall–Kier alpha value is -2.01. The molecular formula is C20H22BrNO3. The quantitative estimate of drug-likeness (QED) is 0.764. The molecule has 1 heterocycles. The van der Waals surface area contributed by atoms with Crippen molar-refractivity contribution in [3.63, 3.8) is 0 Å². The fraction of sp³-hybridized carbons (Fsp3) is 0.350. The van der Waals surface area contributed by atoms with Crippen LogP contribution in [0, 0.1) is 5.92 Å². The van der Waals surface area contributed by atoms with Crippen molar-refractivity contribution < 1.29 is 14.3 Å². The highest BCUT2D eigenvalue weighted by Gasteiger charge is 2.27. The van der Waals surface area contributed by atoms with Gasteiger partial charge in [-0.1, -0.05) is 50.6 Å². The smallest absolute Gasteiger partial charge is 0.232 e. The summed E-state index contributed by atoms with van der Waals surface area (Å²) in [5.74, 6) is 1.37. The molecule has 0 saturated heterocycles. The SMILES string of the molecule is CC[C@H](C)[C@H](C(=O)Nc1cc2c(cc1Br)OCCO2)c1ccccc1. The van der Waals surface area contributed by atoms with E-state index in [4.69, 9.17) is 9.47 Å². The Morgan fingerprint density at radius 2 is 1.80 bits per heavy atom. The number of carbonyl (C=O) groups is 1. The molecule has 0 unspecified atom stereocenters. The molecule has 1 N–H and O–H groups in total. The third-order valence-electron chi connectivity index (χ3n) is 4.54. The maximum Gasteiger partial charge on any atom is 0.232 e. The molecule has 0 aromatic heterocycles. The largest absolute Gasteiger partial charge is 0.486 e. The molecule has 4 nitrogen and oxygen atoms in total. The fourth-order valence-electron chi connectivity index (χ4n) is 3.00. The van der Waals surface area contributed by atoms with Gasteiger partial charge in [0.05, 0.1) is 11.6 Å². The molecule has 3 rings (SSSR count). The number of carbonyl (C=O) groups excluding carboxylic acids is 1. The van der Waals surface area contributed by atoms with E-state index < -0.39 is 0 Å². The Morgan fingerprint density at radius 1 is 1.16 bits per heavy atom. The summed E-state index contributed by atoms with van der Waals surface area (Å²) in [6, 6.07) is 13.6. The number of rotatable bonds is 5. The normalized spacial score (nSPS) is 15.3. The van der Waals surface area contributed by atoms with Crippen molar-refractivity contribution in [2.45, 2.75) is 26.2 Å². The van der Waals surface area contributed by atoms with Gasteiger partial charge in [0.1, 0.15) is 13.2 Å². The van der Waals surface area contributed by atoms with Crippen LogP contribution in [0.1, 0.15) is 31.7 Å². The van der Waals surface area contributed by atoms with Crippen LogP contribution in [0.4, 0.5) is 5.69 Å². The number of ether oxygens (including phenoxy) is 2. The first-order valence-corrected chi connectivity index (χ1v) is 9.34. The lowest BCUT2D eigenvalue weighted by Gasteiger charge is -2.24. The number of hydrogen-bond acceptors (Lipinski definition) is 3. The van der Waals surface area contributed by atoms with Crippen LogP contribution in [0.15, 0.2) is 46.9 Å². The van der Waals surface area contributed by atoms with Crippen molar-refractivity contribution in [1.82, 2.24) is 0 Å². The van der Waals surface area contributed by atoms with Gasteiger partial charge in [-0.3, -0.25) is 4.79 Å². The molecule has 0 radical (unpaired) electrons. The second-order valence-corrected chi connectivity index (χ2v) is 7.09. The average Bonchev–Trinajstić information content (AvgIpc) is 2.63. The van der Waals surface area contributed by atoms with Gasteiger partial charge in [-0.25, -0.2) is 0 Å². The maximum absolute atomic E-state index is 13.0. The van der Waals surface area contributed by atoms with Gasteiger partial charge in [-0.2, -0.15) is 0 Å². The Bertz CT molecular complexity index is 748. The first-order valence-electron chi connectivity index (χ1n) is 8.55. The van der Waals surface area contributed by atoms with Crippen LogP contribution < -0.4 is 14.8 Å². The summed E-state index contributed by atoms with van der Waals surface area (Å²) in [7, 11) is 0. The molecule has 132 valence electrons. The second-order valence-electron chi connectivity index (χ2n) is 6.24. The van der Waals surface area contributed by atoms with Crippen molar-refractivity contribution in [3.05, 3.63) is 52.5 Å². The Morgan fingerprint density at radius 3 is 2.44 bits per heavy atom. The molecule has 0 fully saturated rings. The highest BCUT2D eigenvalue weighted by atomic mass is 79.9. The molecule has 2 atom stereocenters. The summed E-state index contributed by atoms with van der Waals surface area (Å²) in [6.07, 6.45) is 0.926. The monoisotopic (exact) mass is 403 g/mol. The fourth-order valence-corrected chi connectivity index (χ4v) is 3.43. The maximum atomic E-state index is 13.0. The number of anilines is 1. The third-order valence-corrected chi connectivity index (χ3v) is 5.20. The number of benzene rings is 2. The van der Waals surface area contributed by atoms with Crippen LogP contribution in [-0.2, 0) is 4.79 Å². The molecular weight excluding hydrogens is 382 g/mol. The summed E-state index contributed by atoms with van der Waals surface area (Å²) in [6.45, 7) is 5.26. The van der Waals surface area contributed by atoms with E-state index in [0.717, 1.165) is 16.5 Å². The van der Waals surface area contributed by atoms with Crippen molar-refractivity contribution in [2.75, 3.05) is 18.5 Å². The van der Waals surface area contributed by atoms with E-state index in [9.17, 15) is 4.79 Å². The molecule has 0 spiro atoms. The van der Waals surface area contributed by atoms with Crippen LogP contribution in [0.3, 0.4) is 0 Å². The summed E-state index contributed by atoms with van der Waals surface area (Å²) < 4.78 is 12.0. The van der Waals surface area contributed by atoms with Crippen LogP contribution in [-0.4, -0.2) is 19.1 Å². The Kier molecular flexibility index (Phi) is 5.63. The lowest BCUT2D eigenvalue weighted by Crippen LogP contribution is -2.26. The van der Waals surface area contributed by atoms with Crippen LogP contribution in [0.5, 0.6) is 11.5 Å². The standard InChI is InChI=1S/C20H22BrNO3/c1-3-13(2)19(14-7-5-4-6-8-14)20(23)22-16-12-18-17(11-15(16)21)24-9-10-25-18/h4-8,11-13,19H,3,9-10H2,1-2H3,(H,22,23)/t13-,19-/m0/s1. The summed E-state index contributed by atoms with van der Waals surface area (Å²) >= 11 is 3.51. The predicted molar refractivity (Wildman–Crippen MR) is 102 cm³/mol. The first kappa shape index (κ1) is 17.8. The molecule has 2 aromatic carbocycles. The van der Waals surface area contributed by atoms with E-state index >= 15 is 0 Å². The molecule has 1 amide bonds. The molecule has 0 aliphatic carbocycles. The molecule has 1 aliphatic rings. The lowest BCUT2D eigenvalue weighted by molar-refractivity contribution is -0.118. The van der Waals surface area contributed by atoms with E-state index in [1.165, 1.54) is 0 Å². The van der Waals surface area contributed by atoms with Gasteiger partial charge in [0.25, 0.3) is 0 Å². The van der Waals surface area contributed by atoms with Crippen LogP contribution in [0.2, 0.25) is 0 Å². The molecule has 5 heteroatoms. The van der Waals surface area contributed by atoms with Gasteiger partial charge >= 0.3 is 0 Å². The minimum Gasteiger partial charge on any atom is -0.486 e. The van der Waals surface area contributed by atoms with E-state index in [-0.39, 0.29) is 17.7 Å². The highest BCUT2D eigenvalue weighted by Crippen LogP contribution is 2.39. The summed E-state index contributed by atoms with van der Waals surface area (Å²) in [4.78, 5) is 13.0. The van der Waals surface area contributed by atoms with Crippen molar-refractivity contribution >= 4 is 27.5 Å². The number of nitrogens with one attached hydrogen (secondary N) is 1. The zero-order chi connectivity index (χ0) is 17.8. The first-order chi connectivity index (χ1) is 12.1. The number of halogens is 1. The van der Waals surface area contributed by atoms with E-state index in [1.54, 1.807) is 0 Å². The van der Waals surface area contributed by atoms with Crippen molar-refractivity contribution in [2.24, 2.45) is 5.92 Å². The minimum absolute atomic E-state index is 0.0158. The average molecular weight is 404 g/mol. The summed E-state index contributed by atoms with van der Waals surface area (Å²) in [5, 5.41) is 3.05. The van der Waals surface area contributed by atoms with Gasteiger partial charge < -0.3 is 14.8 Å². The minimum atomic E-state index is -0.202. The van der Waals surface area contributed by atoms with Gasteiger partial charge in [-0.15, -0.1) is 0 Å². The molecule has 2 aromatic rings. The van der Waals surface area contributed by atoms with Crippen LogP contribution in [0.25, 0.3) is 0 Å². The van der Waals surface area contributed by atoms with E-state index in [0.29, 0.717) is 30.4 Å². The van der Waals surface area contributed by atoms with Crippen molar-refractivity contribution in [1.29, 1.82) is 0 Å². The van der Waals surface area contributed by atoms with Gasteiger partial charge in [0, 0.05) is 16.6 Å². The van der Waals surface area contributed by atoms with Gasteiger partial charge in [-0.05, 0) is 27.4 Å². The lowest BCUT2D eigenvalue weighted by atomic mass is 9.85. The number of hydrogen-bond donors (Lipinski definition) is 1. The number of amides is 1. The topological polar surface area (TPSA) is 47.6 Å².